The maximum absolute atomic E-state index is 12.7. The molecule has 0 saturated carbocycles. The fraction of sp³-hybridized carbons (Fsp3) is 0.471. The third kappa shape index (κ3) is 6.63. The fourth-order valence-electron chi connectivity index (χ4n) is 2.39. The summed E-state index contributed by atoms with van der Waals surface area (Å²) in [5.74, 6) is -0.200. The minimum Gasteiger partial charge on any atom is -0.459 e. The van der Waals surface area contributed by atoms with E-state index in [0.717, 1.165) is 5.75 Å². The fourth-order valence-corrected chi connectivity index (χ4v) is 5.03. The van der Waals surface area contributed by atoms with Crippen LogP contribution in [-0.4, -0.2) is 49.3 Å². The molecule has 1 aromatic carbocycles. The number of β-lactam (4-membered cyclic amide) rings is 1. The maximum atomic E-state index is 12.7. The van der Waals surface area contributed by atoms with Crippen molar-refractivity contribution < 1.29 is 28.2 Å². The first-order valence-corrected chi connectivity index (χ1v) is 11.4. The zero-order valence-corrected chi connectivity index (χ0v) is 18.2. The number of rotatable bonds is 10. The molecule has 0 aliphatic carbocycles. The third-order valence-corrected chi connectivity index (χ3v) is 6.67. The highest BCUT2D eigenvalue weighted by Gasteiger charge is 2.46. The molecule has 0 spiro atoms. The predicted molar refractivity (Wildman–Crippen MR) is 112 cm³/mol. The third-order valence-electron chi connectivity index (χ3n) is 3.74. The van der Waals surface area contributed by atoms with Gasteiger partial charge in [-0.25, -0.2) is 4.79 Å². The zero-order valence-electron chi connectivity index (χ0n) is 15.8. The summed E-state index contributed by atoms with van der Waals surface area (Å²) in [6.45, 7) is 3.86. The maximum Gasteiger partial charge on any atom is 0.340 e. The van der Waals surface area contributed by atoms with E-state index in [1.165, 1.54) is 40.9 Å². The topological polar surface area (TPSA) is 116 Å². The summed E-state index contributed by atoms with van der Waals surface area (Å²) in [7, 11) is 0. The van der Waals surface area contributed by atoms with Crippen LogP contribution >= 0.6 is 35.6 Å². The normalized spacial score (nSPS) is 16.8. The Balaban J connectivity index is 2.05. The molecule has 2 unspecified atom stereocenters. The first-order chi connectivity index (χ1) is 13.9. The van der Waals surface area contributed by atoms with Gasteiger partial charge in [0.05, 0.1) is 35.4 Å². The van der Waals surface area contributed by atoms with Crippen molar-refractivity contribution in [3.05, 3.63) is 39.9 Å². The Labute approximate surface area is 180 Å². The summed E-state index contributed by atoms with van der Waals surface area (Å²) in [6.07, 6.45) is 0.304. The number of thioether (sulfide) groups is 2. The van der Waals surface area contributed by atoms with E-state index in [0.29, 0.717) is 42.4 Å². The molecule has 0 N–H and O–H groups in total. The van der Waals surface area contributed by atoms with Crippen LogP contribution in [0.25, 0.3) is 0 Å². The molecule has 0 radical (unpaired) electrons. The minimum absolute atomic E-state index is 0.0716. The molecule has 1 fully saturated rings. The standard InChI is InChI=1S/C17H20N2O7S3/c1-3-26-29-17(22)28-15(18-13(20)9-14(18)27-4-2)16(21)25-10-11-5-7-12(8-6-11)19(23)24/h5-8,14-15H,3-4,9-10H2,1-2H3. The molecule has 2 atom stereocenters. The molecule has 1 heterocycles. The van der Waals surface area contributed by atoms with E-state index in [-0.39, 0.29) is 23.6 Å². The van der Waals surface area contributed by atoms with Crippen LogP contribution in [-0.2, 0) is 25.1 Å². The molecule has 1 aliphatic rings. The molecule has 2 rings (SSSR count). The number of ether oxygens (including phenoxy) is 1. The van der Waals surface area contributed by atoms with Gasteiger partial charge in [0.2, 0.25) is 5.91 Å². The average molecular weight is 461 g/mol. The van der Waals surface area contributed by atoms with Crippen LogP contribution in [0.2, 0.25) is 0 Å². The van der Waals surface area contributed by atoms with Gasteiger partial charge in [-0.1, -0.05) is 6.92 Å². The van der Waals surface area contributed by atoms with Gasteiger partial charge in [-0.3, -0.25) is 19.7 Å². The smallest absolute Gasteiger partial charge is 0.340 e. The van der Waals surface area contributed by atoms with Crippen molar-refractivity contribution in [3.8, 4) is 0 Å². The van der Waals surface area contributed by atoms with Gasteiger partial charge in [0.1, 0.15) is 6.61 Å². The Morgan fingerprint density at radius 3 is 2.55 bits per heavy atom. The van der Waals surface area contributed by atoms with Crippen LogP contribution in [0, 0.1) is 10.1 Å². The van der Waals surface area contributed by atoms with Gasteiger partial charge in [-0.15, -0.1) is 11.8 Å². The number of nitrogens with zero attached hydrogens (tertiary/aromatic N) is 2. The Morgan fingerprint density at radius 2 is 2.00 bits per heavy atom. The van der Waals surface area contributed by atoms with Gasteiger partial charge < -0.3 is 13.8 Å². The lowest BCUT2D eigenvalue weighted by Crippen LogP contribution is -2.57. The van der Waals surface area contributed by atoms with Crippen molar-refractivity contribution in [2.75, 3.05) is 12.4 Å². The highest BCUT2D eigenvalue weighted by molar-refractivity contribution is 8.37. The Bertz CT molecular complexity index is 760. The first kappa shape index (κ1) is 23.5. The summed E-state index contributed by atoms with van der Waals surface area (Å²) >= 11 is 2.81. The summed E-state index contributed by atoms with van der Waals surface area (Å²) in [4.78, 5) is 48.4. The van der Waals surface area contributed by atoms with Crippen LogP contribution in [0.1, 0.15) is 25.8 Å². The van der Waals surface area contributed by atoms with Gasteiger partial charge in [-0.2, -0.15) is 0 Å². The Kier molecular flexibility index (Phi) is 9.27. The molecule has 1 aliphatic heterocycles. The first-order valence-electron chi connectivity index (χ1n) is 8.70. The van der Waals surface area contributed by atoms with E-state index in [2.05, 4.69) is 0 Å². The van der Waals surface area contributed by atoms with Crippen molar-refractivity contribution in [1.82, 2.24) is 4.90 Å². The second-order valence-electron chi connectivity index (χ2n) is 5.66. The van der Waals surface area contributed by atoms with E-state index < -0.39 is 20.7 Å². The van der Waals surface area contributed by atoms with Crippen molar-refractivity contribution in [2.45, 2.75) is 37.6 Å². The lowest BCUT2D eigenvalue weighted by molar-refractivity contribution is -0.384. The molecule has 9 nitrogen and oxygen atoms in total. The summed E-state index contributed by atoms with van der Waals surface area (Å²) in [5.41, 5.74) is 0.481. The molecule has 1 aromatic rings. The number of amides is 1. The number of carbonyl (C=O) groups excluding carboxylic acids is 3. The molecule has 29 heavy (non-hydrogen) atoms. The molecule has 0 aromatic heterocycles. The molecule has 1 amide bonds. The lowest BCUT2D eigenvalue weighted by atomic mass is 10.2. The monoisotopic (exact) mass is 460 g/mol. The van der Waals surface area contributed by atoms with Crippen molar-refractivity contribution >= 4 is 57.6 Å². The van der Waals surface area contributed by atoms with E-state index in [9.17, 15) is 24.5 Å². The molecule has 158 valence electrons. The highest BCUT2D eigenvalue weighted by Crippen LogP contribution is 2.37. The minimum atomic E-state index is -1.11. The van der Waals surface area contributed by atoms with Crippen molar-refractivity contribution in [3.63, 3.8) is 0 Å². The van der Waals surface area contributed by atoms with E-state index >= 15 is 0 Å². The highest BCUT2D eigenvalue weighted by atomic mass is 32.2. The van der Waals surface area contributed by atoms with Crippen molar-refractivity contribution in [1.29, 1.82) is 0 Å². The van der Waals surface area contributed by atoms with Crippen LogP contribution < -0.4 is 0 Å². The predicted octanol–water partition coefficient (Wildman–Crippen LogP) is 3.81. The van der Waals surface area contributed by atoms with Crippen LogP contribution in [0.15, 0.2) is 24.3 Å². The van der Waals surface area contributed by atoms with Gasteiger partial charge in [0.15, 0.2) is 5.37 Å². The van der Waals surface area contributed by atoms with E-state index in [1.807, 2.05) is 6.92 Å². The van der Waals surface area contributed by atoms with E-state index in [4.69, 9.17) is 8.92 Å². The van der Waals surface area contributed by atoms with Gasteiger partial charge in [0.25, 0.3) is 10.1 Å². The number of esters is 1. The van der Waals surface area contributed by atoms with Crippen LogP contribution in [0.5, 0.6) is 0 Å². The van der Waals surface area contributed by atoms with Gasteiger partial charge >= 0.3 is 5.97 Å². The SMILES string of the molecule is CCOSC(=O)SC(C(=O)OCc1ccc([N+](=O)[O-])cc1)N1C(=O)CC1SCC. The number of benzene rings is 1. The number of non-ortho nitro benzene ring substituents is 1. The largest absolute Gasteiger partial charge is 0.459 e. The van der Waals surface area contributed by atoms with Gasteiger partial charge in [-0.05, 0) is 42.1 Å². The Hall–Kier alpha value is -1.76. The Morgan fingerprint density at radius 1 is 1.31 bits per heavy atom. The molecular weight excluding hydrogens is 440 g/mol. The molecule has 12 heteroatoms. The van der Waals surface area contributed by atoms with E-state index in [1.54, 1.807) is 6.92 Å². The number of hydrogen-bond donors (Lipinski definition) is 0. The second kappa shape index (κ2) is 11.4. The number of hydrogen-bond acceptors (Lipinski definition) is 10. The summed E-state index contributed by atoms with van der Waals surface area (Å²) in [5, 5.41) is 9.40. The number of likely N-dealkylation sites (tertiary alicyclic amines) is 1. The summed E-state index contributed by atoms with van der Waals surface area (Å²) < 4.78 is 9.84. The quantitative estimate of drug-likeness (QED) is 0.168. The van der Waals surface area contributed by atoms with Crippen LogP contribution in [0.3, 0.4) is 0 Å². The van der Waals surface area contributed by atoms with Crippen LogP contribution in [0.4, 0.5) is 10.5 Å². The zero-order chi connectivity index (χ0) is 21.4. The molecule has 0 bridgehead atoms. The molecular formula is C17H20N2O7S3. The van der Waals surface area contributed by atoms with Gasteiger partial charge in [0, 0.05) is 12.1 Å². The van der Waals surface area contributed by atoms with Crippen molar-refractivity contribution in [2.24, 2.45) is 0 Å². The number of carbonyl (C=O) groups is 3. The average Bonchev–Trinajstić information content (AvgIpc) is 2.69. The summed E-state index contributed by atoms with van der Waals surface area (Å²) in [6, 6.07) is 5.58. The molecule has 1 saturated heterocycles. The lowest BCUT2D eigenvalue weighted by Gasteiger charge is -2.43. The second-order valence-corrected chi connectivity index (χ2v) is 9.20. The number of nitro groups is 1. The number of nitro benzene ring substituents is 1.